The molecule has 0 radical (unpaired) electrons. The molecule has 0 aromatic heterocycles. The zero-order valence-corrected chi connectivity index (χ0v) is 17.0. The second kappa shape index (κ2) is 7.67. The summed E-state index contributed by atoms with van der Waals surface area (Å²) in [6, 6.07) is 9.63. The van der Waals surface area contributed by atoms with Gasteiger partial charge >= 0.3 is 0 Å². The number of rotatable bonds is 3. The minimum Gasteiger partial charge on any atom is -0.504 e. The number of methoxy groups -OCH3 is 1. The number of amides is 2. The van der Waals surface area contributed by atoms with E-state index in [1.165, 1.54) is 18.1 Å². The summed E-state index contributed by atoms with van der Waals surface area (Å²) in [5, 5.41) is 13.3. The number of nitrogens with zero attached hydrogens (tertiary/aromatic N) is 1. The SMILES string of the molecule is COc1ccc(Br)c(C=C2C(=O)NC(=S)N(c3ccc(Cl)cc3)C2=O)c1O. The summed E-state index contributed by atoms with van der Waals surface area (Å²) < 4.78 is 5.56. The maximum Gasteiger partial charge on any atom is 0.270 e. The zero-order valence-electron chi connectivity index (χ0n) is 13.8. The highest BCUT2D eigenvalue weighted by molar-refractivity contribution is 9.10. The molecule has 0 aliphatic carbocycles. The van der Waals surface area contributed by atoms with Crippen molar-refractivity contribution in [3.8, 4) is 11.5 Å². The van der Waals surface area contributed by atoms with Gasteiger partial charge in [0, 0.05) is 15.1 Å². The molecule has 9 heteroatoms. The predicted octanol–water partition coefficient (Wildman–Crippen LogP) is 3.65. The molecule has 0 bridgehead atoms. The van der Waals surface area contributed by atoms with E-state index in [9.17, 15) is 14.7 Å². The monoisotopic (exact) mass is 466 g/mol. The van der Waals surface area contributed by atoms with Gasteiger partial charge in [-0.15, -0.1) is 0 Å². The van der Waals surface area contributed by atoms with Crippen molar-refractivity contribution >= 4 is 68.4 Å². The van der Waals surface area contributed by atoms with Gasteiger partial charge in [0.05, 0.1) is 12.8 Å². The molecule has 1 aliphatic heterocycles. The van der Waals surface area contributed by atoms with Gasteiger partial charge in [-0.05, 0) is 54.7 Å². The molecule has 0 spiro atoms. The number of hydrogen-bond donors (Lipinski definition) is 2. The molecule has 3 rings (SSSR count). The minimum absolute atomic E-state index is 0.0431. The van der Waals surface area contributed by atoms with E-state index >= 15 is 0 Å². The number of ether oxygens (including phenoxy) is 1. The van der Waals surface area contributed by atoms with Crippen molar-refractivity contribution in [3.63, 3.8) is 0 Å². The average molecular weight is 468 g/mol. The van der Waals surface area contributed by atoms with Gasteiger partial charge < -0.3 is 9.84 Å². The van der Waals surface area contributed by atoms with Gasteiger partial charge in [-0.25, -0.2) is 0 Å². The van der Waals surface area contributed by atoms with Crippen LogP contribution in [-0.2, 0) is 9.59 Å². The average Bonchev–Trinajstić information content (AvgIpc) is 2.62. The van der Waals surface area contributed by atoms with E-state index < -0.39 is 11.8 Å². The van der Waals surface area contributed by atoms with Crippen LogP contribution >= 0.6 is 39.7 Å². The van der Waals surface area contributed by atoms with Crippen LogP contribution < -0.4 is 15.0 Å². The molecule has 1 aliphatic rings. The number of aromatic hydroxyl groups is 1. The Morgan fingerprint density at radius 1 is 1.22 bits per heavy atom. The molecule has 0 unspecified atom stereocenters. The molecule has 138 valence electrons. The Hall–Kier alpha value is -2.42. The Kier molecular flexibility index (Phi) is 5.50. The van der Waals surface area contributed by atoms with E-state index in [0.717, 1.165) is 0 Å². The van der Waals surface area contributed by atoms with E-state index in [0.29, 0.717) is 15.2 Å². The van der Waals surface area contributed by atoms with E-state index in [-0.39, 0.29) is 27.7 Å². The summed E-state index contributed by atoms with van der Waals surface area (Å²) in [5.41, 5.74) is 0.494. The van der Waals surface area contributed by atoms with Gasteiger partial charge in [0.2, 0.25) is 0 Å². The van der Waals surface area contributed by atoms with Crippen LogP contribution in [0.25, 0.3) is 6.08 Å². The van der Waals surface area contributed by atoms with Crippen LogP contribution in [0.3, 0.4) is 0 Å². The maximum absolute atomic E-state index is 13.0. The fourth-order valence-corrected chi connectivity index (χ4v) is 3.33. The number of halogens is 2. The number of thiocarbonyl (C=S) groups is 1. The molecular formula is C18H12BrClN2O4S. The lowest BCUT2D eigenvalue weighted by Crippen LogP contribution is -2.54. The van der Waals surface area contributed by atoms with Crippen LogP contribution in [0.4, 0.5) is 5.69 Å². The minimum atomic E-state index is -0.663. The normalized spacial score (nSPS) is 15.9. The summed E-state index contributed by atoms with van der Waals surface area (Å²) in [6.07, 6.45) is 1.28. The molecule has 27 heavy (non-hydrogen) atoms. The van der Waals surface area contributed by atoms with Crippen LogP contribution in [0.5, 0.6) is 11.5 Å². The van der Waals surface area contributed by atoms with Crippen molar-refractivity contribution in [1.29, 1.82) is 0 Å². The Bertz CT molecular complexity index is 992. The number of carbonyl (C=O) groups is 2. The van der Waals surface area contributed by atoms with Gasteiger partial charge in [-0.1, -0.05) is 27.5 Å². The molecule has 1 saturated heterocycles. The molecule has 2 N–H and O–H groups in total. The number of anilines is 1. The van der Waals surface area contributed by atoms with Crippen LogP contribution in [-0.4, -0.2) is 29.1 Å². The van der Waals surface area contributed by atoms with E-state index in [4.69, 9.17) is 28.6 Å². The highest BCUT2D eigenvalue weighted by Gasteiger charge is 2.35. The van der Waals surface area contributed by atoms with E-state index in [1.807, 2.05) is 0 Å². The van der Waals surface area contributed by atoms with Crippen molar-refractivity contribution in [3.05, 3.63) is 57.0 Å². The lowest BCUT2D eigenvalue weighted by molar-refractivity contribution is -0.122. The first kappa shape index (κ1) is 19.3. The third kappa shape index (κ3) is 3.69. The fourth-order valence-electron chi connectivity index (χ4n) is 2.49. The van der Waals surface area contributed by atoms with Gasteiger partial charge in [0.1, 0.15) is 5.57 Å². The molecule has 2 amide bonds. The number of phenolic OH excluding ortho intramolecular Hbond substituents is 1. The summed E-state index contributed by atoms with van der Waals surface area (Å²) >= 11 is 14.3. The lowest BCUT2D eigenvalue weighted by atomic mass is 10.1. The van der Waals surface area contributed by atoms with Crippen molar-refractivity contribution in [2.75, 3.05) is 12.0 Å². The van der Waals surface area contributed by atoms with Crippen LogP contribution in [0.1, 0.15) is 5.56 Å². The fraction of sp³-hybridized carbons (Fsp3) is 0.0556. The predicted molar refractivity (Wildman–Crippen MR) is 110 cm³/mol. The first-order valence-electron chi connectivity index (χ1n) is 7.56. The van der Waals surface area contributed by atoms with Crippen LogP contribution in [0.2, 0.25) is 5.02 Å². The Labute approximate surface area is 173 Å². The quantitative estimate of drug-likeness (QED) is 0.409. The van der Waals surface area contributed by atoms with Crippen LogP contribution in [0, 0.1) is 0 Å². The summed E-state index contributed by atoms with van der Waals surface area (Å²) in [6.45, 7) is 0. The molecule has 2 aromatic rings. The van der Waals surface area contributed by atoms with E-state index in [1.54, 1.807) is 36.4 Å². The number of benzene rings is 2. The highest BCUT2D eigenvalue weighted by atomic mass is 79.9. The molecule has 1 fully saturated rings. The molecule has 2 aromatic carbocycles. The first-order chi connectivity index (χ1) is 12.8. The summed E-state index contributed by atoms with van der Waals surface area (Å²) in [7, 11) is 1.40. The van der Waals surface area contributed by atoms with Crippen molar-refractivity contribution in [2.45, 2.75) is 0 Å². The third-order valence-corrected chi connectivity index (χ3v) is 5.05. The van der Waals surface area contributed by atoms with Crippen molar-refractivity contribution < 1.29 is 19.4 Å². The van der Waals surface area contributed by atoms with Gasteiger partial charge in [-0.3, -0.25) is 19.8 Å². The second-order valence-electron chi connectivity index (χ2n) is 5.45. The van der Waals surface area contributed by atoms with Crippen LogP contribution in [0.15, 0.2) is 46.4 Å². The number of phenols is 1. The summed E-state index contributed by atoms with van der Waals surface area (Å²) in [5.74, 6) is -1.28. The van der Waals surface area contributed by atoms with E-state index in [2.05, 4.69) is 21.2 Å². The largest absolute Gasteiger partial charge is 0.504 e. The second-order valence-corrected chi connectivity index (χ2v) is 7.12. The molecular weight excluding hydrogens is 456 g/mol. The topological polar surface area (TPSA) is 78.9 Å². The Balaban J connectivity index is 2.09. The molecule has 6 nitrogen and oxygen atoms in total. The number of hydrogen-bond acceptors (Lipinski definition) is 5. The van der Waals surface area contributed by atoms with Gasteiger partial charge in [-0.2, -0.15) is 0 Å². The Morgan fingerprint density at radius 2 is 1.89 bits per heavy atom. The van der Waals surface area contributed by atoms with Crippen molar-refractivity contribution in [1.82, 2.24) is 5.32 Å². The molecule has 1 heterocycles. The van der Waals surface area contributed by atoms with Crippen molar-refractivity contribution in [2.24, 2.45) is 0 Å². The smallest absolute Gasteiger partial charge is 0.270 e. The first-order valence-corrected chi connectivity index (χ1v) is 9.14. The highest BCUT2D eigenvalue weighted by Crippen LogP contribution is 2.37. The zero-order chi connectivity index (χ0) is 19.7. The maximum atomic E-state index is 13.0. The van der Waals surface area contributed by atoms with Gasteiger partial charge in [0.15, 0.2) is 16.6 Å². The standard InChI is InChI=1S/C18H12BrClN2O4S/c1-26-14-7-6-13(19)11(15(14)23)8-12-16(24)21-18(27)22(17(12)25)10-4-2-9(20)3-5-10/h2-8,23H,1H3,(H,21,24,27). The third-order valence-electron chi connectivity index (χ3n) is 3.82. The number of nitrogens with one attached hydrogen (secondary N) is 1. The Morgan fingerprint density at radius 3 is 2.52 bits per heavy atom. The van der Waals surface area contributed by atoms with Gasteiger partial charge in [0.25, 0.3) is 11.8 Å². The molecule has 0 saturated carbocycles. The number of carbonyl (C=O) groups excluding carboxylic acids is 2. The molecule has 0 atom stereocenters. The lowest BCUT2D eigenvalue weighted by Gasteiger charge is -2.29. The summed E-state index contributed by atoms with van der Waals surface area (Å²) in [4.78, 5) is 26.5.